The number of rotatable bonds is 7. The minimum Gasteiger partial charge on any atom is -0.461 e. The Balaban J connectivity index is 1.45. The lowest BCUT2D eigenvalue weighted by Crippen LogP contribution is -2.07. The Morgan fingerprint density at radius 2 is 2.00 bits per heavy atom. The number of furan rings is 1. The molecule has 0 saturated carbocycles. The Labute approximate surface area is 154 Å². The van der Waals surface area contributed by atoms with Gasteiger partial charge in [-0.3, -0.25) is 9.59 Å². The zero-order valence-corrected chi connectivity index (χ0v) is 15.0. The minimum absolute atomic E-state index is 0.0857. The van der Waals surface area contributed by atoms with E-state index >= 15 is 0 Å². The van der Waals surface area contributed by atoms with E-state index in [9.17, 15) is 9.59 Å². The van der Waals surface area contributed by atoms with Crippen molar-refractivity contribution in [3.63, 3.8) is 0 Å². The lowest BCUT2D eigenvalue weighted by molar-refractivity contribution is -0.145. The largest absolute Gasteiger partial charge is 0.461 e. The molecule has 0 saturated heterocycles. The second-order valence-electron chi connectivity index (χ2n) is 5.62. The van der Waals surface area contributed by atoms with E-state index in [-0.39, 0.29) is 24.9 Å². The summed E-state index contributed by atoms with van der Waals surface area (Å²) in [5.74, 6) is 1.01. The maximum Gasteiger partial charge on any atom is 0.306 e. The molecule has 134 valence electrons. The quantitative estimate of drug-likeness (QED) is 0.635. The van der Waals surface area contributed by atoms with Gasteiger partial charge >= 0.3 is 5.97 Å². The number of nitrogens with zero attached hydrogens (tertiary/aromatic N) is 1. The number of benzene rings is 1. The number of nitrogens with one attached hydrogen (secondary N) is 1. The summed E-state index contributed by atoms with van der Waals surface area (Å²) in [6.45, 7) is 1.50. The number of aromatic nitrogens is 1. The summed E-state index contributed by atoms with van der Waals surface area (Å²) >= 11 is 1.29. The second kappa shape index (κ2) is 8.44. The number of esters is 1. The molecule has 0 bridgehead atoms. The van der Waals surface area contributed by atoms with Gasteiger partial charge in [-0.15, -0.1) is 11.3 Å². The van der Waals surface area contributed by atoms with Crippen LogP contribution in [0.4, 0.5) is 5.13 Å². The highest BCUT2D eigenvalue weighted by Crippen LogP contribution is 2.22. The van der Waals surface area contributed by atoms with E-state index in [2.05, 4.69) is 10.3 Å². The van der Waals surface area contributed by atoms with E-state index in [1.54, 1.807) is 5.38 Å². The Hall–Kier alpha value is -2.93. The second-order valence-corrected chi connectivity index (χ2v) is 6.48. The number of carbonyl (C=O) groups is 2. The molecule has 2 heterocycles. The molecule has 7 heteroatoms. The zero-order valence-electron chi connectivity index (χ0n) is 14.2. The minimum atomic E-state index is -0.322. The Morgan fingerprint density at radius 3 is 2.77 bits per heavy atom. The van der Waals surface area contributed by atoms with Crippen molar-refractivity contribution in [1.82, 2.24) is 4.98 Å². The maximum atomic E-state index is 11.9. The van der Waals surface area contributed by atoms with Gasteiger partial charge in [0, 0.05) is 24.3 Å². The first-order valence-corrected chi connectivity index (χ1v) is 9.00. The third kappa shape index (κ3) is 5.03. The van der Waals surface area contributed by atoms with Gasteiger partial charge in [-0.2, -0.15) is 0 Å². The number of ether oxygens (including phenoxy) is 1. The van der Waals surface area contributed by atoms with Gasteiger partial charge in [0.15, 0.2) is 5.13 Å². The van der Waals surface area contributed by atoms with Gasteiger partial charge < -0.3 is 14.5 Å². The van der Waals surface area contributed by atoms with Gasteiger partial charge in [0.05, 0.1) is 12.1 Å². The molecule has 1 aromatic carbocycles. The topological polar surface area (TPSA) is 81.4 Å². The highest BCUT2D eigenvalue weighted by Gasteiger charge is 2.10. The van der Waals surface area contributed by atoms with Crippen LogP contribution in [0.15, 0.2) is 52.3 Å². The lowest BCUT2D eigenvalue weighted by Gasteiger charge is -2.02. The number of amides is 1. The van der Waals surface area contributed by atoms with Gasteiger partial charge in [0.1, 0.15) is 18.1 Å². The van der Waals surface area contributed by atoms with Crippen LogP contribution in [0.2, 0.25) is 0 Å². The normalized spacial score (nSPS) is 10.5. The average molecular weight is 370 g/mol. The van der Waals surface area contributed by atoms with Crippen LogP contribution < -0.4 is 5.32 Å². The van der Waals surface area contributed by atoms with Crippen molar-refractivity contribution in [2.75, 3.05) is 5.32 Å². The van der Waals surface area contributed by atoms with E-state index in [4.69, 9.17) is 9.15 Å². The van der Waals surface area contributed by atoms with Crippen molar-refractivity contribution in [2.45, 2.75) is 26.4 Å². The maximum absolute atomic E-state index is 11.9. The predicted octanol–water partition coefficient (Wildman–Crippen LogP) is 4.04. The first kappa shape index (κ1) is 17.9. The summed E-state index contributed by atoms with van der Waals surface area (Å²) in [4.78, 5) is 27.0. The number of hydrogen-bond donors (Lipinski definition) is 1. The first-order valence-electron chi connectivity index (χ1n) is 8.12. The van der Waals surface area contributed by atoms with Crippen molar-refractivity contribution in [3.8, 4) is 11.3 Å². The molecule has 3 rings (SSSR count). The van der Waals surface area contributed by atoms with Crippen molar-refractivity contribution >= 4 is 28.3 Å². The molecule has 0 aliphatic carbocycles. The number of aryl methyl sites for hydroxylation is 1. The predicted molar refractivity (Wildman–Crippen MR) is 98.7 cm³/mol. The van der Waals surface area contributed by atoms with Crippen molar-refractivity contribution < 1.29 is 18.7 Å². The molecular weight excluding hydrogens is 352 g/mol. The summed E-state index contributed by atoms with van der Waals surface area (Å²) in [6.07, 6.45) is 0.699. The first-order chi connectivity index (χ1) is 12.6. The molecule has 26 heavy (non-hydrogen) atoms. The summed E-state index contributed by atoms with van der Waals surface area (Å²) in [7, 11) is 0. The third-order valence-corrected chi connectivity index (χ3v) is 4.32. The highest BCUT2D eigenvalue weighted by atomic mass is 32.1. The van der Waals surface area contributed by atoms with Crippen LogP contribution in [-0.2, 0) is 27.4 Å². The van der Waals surface area contributed by atoms with E-state index in [0.29, 0.717) is 17.2 Å². The lowest BCUT2D eigenvalue weighted by atomic mass is 10.2. The molecule has 0 fully saturated rings. The number of carbonyl (C=O) groups excluding carboxylic acids is 2. The molecule has 0 aliphatic rings. The molecular formula is C19H18N2O4S. The molecule has 0 unspecified atom stereocenters. The summed E-state index contributed by atoms with van der Waals surface area (Å²) < 4.78 is 11.0. The van der Waals surface area contributed by atoms with Crippen LogP contribution >= 0.6 is 11.3 Å². The Morgan fingerprint density at radius 1 is 1.19 bits per heavy atom. The van der Waals surface area contributed by atoms with Crippen molar-refractivity contribution in [2.24, 2.45) is 0 Å². The molecule has 0 radical (unpaired) electrons. The molecule has 0 spiro atoms. The van der Waals surface area contributed by atoms with Gasteiger partial charge in [-0.05, 0) is 12.1 Å². The Kier molecular flexibility index (Phi) is 5.80. The molecule has 0 atom stereocenters. The standard InChI is InChI=1S/C19H18N2O4S/c1-13(22)20-19-21-15(12-26-19)11-24-18(23)10-8-16-7-9-17(25-16)14-5-3-2-4-6-14/h2-7,9,12H,8,10-11H2,1H3,(H,20,21,22). The SMILES string of the molecule is CC(=O)Nc1nc(COC(=O)CCc2ccc(-c3ccccc3)o2)cs1. The average Bonchev–Trinajstić information content (AvgIpc) is 3.28. The van der Waals surface area contributed by atoms with E-state index in [1.807, 2.05) is 42.5 Å². The molecule has 2 aromatic heterocycles. The molecule has 0 aliphatic heterocycles. The fourth-order valence-corrected chi connectivity index (χ4v) is 3.04. The van der Waals surface area contributed by atoms with Crippen LogP contribution in [-0.4, -0.2) is 16.9 Å². The summed E-state index contributed by atoms with van der Waals surface area (Å²) in [6, 6.07) is 13.6. The summed E-state index contributed by atoms with van der Waals surface area (Å²) in [5.41, 5.74) is 1.61. The highest BCUT2D eigenvalue weighted by molar-refractivity contribution is 7.13. The number of hydrogen-bond acceptors (Lipinski definition) is 6. The van der Waals surface area contributed by atoms with E-state index in [0.717, 1.165) is 17.1 Å². The van der Waals surface area contributed by atoms with Crippen LogP contribution in [0.25, 0.3) is 11.3 Å². The molecule has 1 N–H and O–H groups in total. The number of thiazole rings is 1. The van der Waals surface area contributed by atoms with Crippen molar-refractivity contribution in [1.29, 1.82) is 0 Å². The van der Waals surface area contributed by atoms with Crippen molar-refractivity contribution in [3.05, 3.63) is 59.3 Å². The third-order valence-electron chi connectivity index (χ3n) is 3.51. The molecule has 1 amide bonds. The fraction of sp³-hybridized carbons (Fsp3) is 0.211. The smallest absolute Gasteiger partial charge is 0.306 e. The van der Waals surface area contributed by atoms with Crippen LogP contribution in [0, 0.1) is 0 Å². The van der Waals surface area contributed by atoms with Crippen LogP contribution in [0.3, 0.4) is 0 Å². The fourth-order valence-electron chi connectivity index (χ4n) is 2.30. The zero-order chi connectivity index (χ0) is 18.4. The van der Waals surface area contributed by atoms with E-state index < -0.39 is 0 Å². The summed E-state index contributed by atoms with van der Waals surface area (Å²) in [5, 5.41) is 4.83. The monoisotopic (exact) mass is 370 g/mol. The number of anilines is 1. The van der Waals surface area contributed by atoms with Crippen LogP contribution in [0.1, 0.15) is 24.8 Å². The molecule has 6 nitrogen and oxygen atoms in total. The van der Waals surface area contributed by atoms with Crippen LogP contribution in [0.5, 0.6) is 0 Å². The Bertz CT molecular complexity index is 886. The van der Waals surface area contributed by atoms with Gasteiger partial charge in [0.25, 0.3) is 0 Å². The van der Waals surface area contributed by atoms with E-state index in [1.165, 1.54) is 18.3 Å². The van der Waals surface area contributed by atoms with Gasteiger partial charge in [0.2, 0.25) is 5.91 Å². The van der Waals surface area contributed by atoms with Gasteiger partial charge in [-0.1, -0.05) is 30.3 Å². The molecule has 3 aromatic rings. The van der Waals surface area contributed by atoms with Gasteiger partial charge in [-0.25, -0.2) is 4.98 Å².